The van der Waals surface area contributed by atoms with Gasteiger partial charge < -0.3 is 10.6 Å². The molecule has 1 unspecified atom stereocenters. The van der Waals surface area contributed by atoms with Crippen molar-refractivity contribution in [3.05, 3.63) is 29.6 Å². The molecule has 0 spiro atoms. The van der Waals surface area contributed by atoms with Crippen molar-refractivity contribution < 1.29 is 9.18 Å². The number of nitrogens with one attached hydrogen (secondary N) is 2. The van der Waals surface area contributed by atoms with Gasteiger partial charge in [-0.05, 0) is 25.0 Å². The molecule has 0 saturated heterocycles. The van der Waals surface area contributed by atoms with Crippen LogP contribution in [0.5, 0.6) is 0 Å². The number of anilines is 1. The van der Waals surface area contributed by atoms with Gasteiger partial charge in [0.25, 0.3) is 5.91 Å². The first-order valence-corrected chi connectivity index (χ1v) is 7.41. The smallest absolute Gasteiger partial charge is 0.253 e. The second-order valence-corrected chi connectivity index (χ2v) is 5.01. The van der Waals surface area contributed by atoms with E-state index in [9.17, 15) is 9.18 Å². The second kappa shape index (κ2) is 8.56. The Morgan fingerprint density at radius 3 is 2.60 bits per heavy atom. The van der Waals surface area contributed by atoms with E-state index in [-0.39, 0.29) is 17.6 Å². The summed E-state index contributed by atoms with van der Waals surface area (Å²) < 4.78 is 13.7. The van der Waals surface area contributed by atoms with Crippen molar-refractivity contribution in [2.24, 2.45) is 0 Å². The summed E-state index contributed by atoms with van der Waals surface area (Å²) >= 11 is 0. The van der Waals surface area contributed by atoms with E-state index in [0.717, 1.165) is 32.1 Å². The molecule has 0 aliphatic heterocycles. The highest BCUT2D eigenvalue weighted by Crippen LogP contribution is 2.19. The average Bonchev–Trinajstić information content (AvgIpc) is 2.44. The first kappa shape index (κ1) is 16.5. The predicted octanol–water partition coefficient (Wildman–Crippen LogP) is 3.96. The van der Waals surface area contributed by atoms with Crippen molar-refractivity contribution in [3.63, 3.8) is 0 Å². The Bertz CT molecular complexity index is 434. The number of benzene rings is 1. The molecule has 0 bridgehead atoms. The highest BCUT2D eigenvalue weighted by Gasteiger charge is 2.17. The number of carbonyl (C=O) groups excluding carboxylic acids is 1. The zero-order chi connectivity index (χ0) is 15.0. The minimum atomic E-state index is -0.402. The van der Waals surface area contributed by atoms with Gasteiger partial charge in [-0.3, -0.25) is 4.79 Å². The van der Waals surface area contributed by atoms with E-state index in [4.69, 9.17) is 0 Å². The standard InChI is InChI=1S/C16H25FN2O/c1-4-6-9-12(8-5-2)19-16(20)13-10-7-11-14(17)15(13)18-3/h7,10-12,18H,4-6,8-9H2,1-3H3,(H,19,20). The number of para-hydroxylation sites is 1. The van der Waals surface area contributed by atoms with Crippen LogP contribution in [0.2, 0.25) is 0 Å². The number of halogens is 1. The van der Waals surface area contributed by atoms with Gasteiger partial charge in [-0.15, -0.1) is 0 Å². The molecule has 4 heteroatoms. The molecule has 0 aromatic heterocycles. The van der Waals surface area contributed by atoms with E-state index in [1.807, 2.05) is 0 Å². The van der Waals surface area contributed by atoms with Crippen molar-refractivity contribution in [1.29, 1.82) is 0 Å². The van der Waals surface area contributed by atoms with Gasteiger partial charge in [0.2, 0.25) is 0 Å². The van der Waals surface area contributed by atoms with Gasteiger partial charge in [-0.2, -0.15) is 0 Å². The quantitative estimate of drug-likeness (QED) is 0.757. The molecule has 1 rings (SSSR count). The molecule has 112 valence electrons. The number of hydrogen-bond acceptors (Lipinski definition) is 2. The normalized spacial score (nSPS) is 12.0. The molecule has 0 aliphatic carbocycles. The maximum Gasteiger partial charge on any atom is 0.253 e. The molecule has 20 heavy (non-hydrogen) atoms. The van der Waals surface area contributed by atoms with Crippen LogP contribution in [0.15, 0.2) is 18.2 Å². The number of hydrogen-bond donors (Lipinski definition) is 2. The second-order valence-electron chi connectivity index (χ2n) is 5.01. The van der Waals surface area contributed by atoms with Crippen LogP contribution in [-0.2, 0) is 0 Å². The average molecular weight is 280 g/mol. The Morgan fingerprint density at radius 1 is 1.25 bits per heavy atom. The molecule has 0 heterocycles. The van der Waals surface area contributed by atoms with Crippen molar-refractivity contribution in [2.45, 2.75) is 52.0 Å². The van der Waals surface area contributed by atoms with Gasteiger partial charge in [0, 0.05) is 13.1 Å². The lowest BCUT2D eigenvalue weighted by atomic mass is 10.0. The third-order valence-electron chi connectivity index (χ3n) is 3.39. The lowest BCUT2D eigenvalue weighted by Gasteiger charge is -2.19. The van der Waals surface area contributed by atoms with Crippen LogP contribution in [0.1, 0.15) is 56.3 Å². The van der Waals surface area contributed by atoms with Crippen LogP contribution in [0, 0.1) is 5.82 Å². The minimum Gasteiger partial charge on any atom is -0.385 e. The Morgan fingerprint density at radius 2 is 2.00 bits per heavy atom. The summed E-state index contributed by atoms with van der Waals surface area (Å²) in [6.45, 7) is 4.24. The molecule has 3 nitrogen and oxygen atoms in total. The molecule has 0 radical (unpaired) electrons. The molecule has 0 fully saturated rings. The molecular formula is C16H25FN2O. The summed E-state index contributed by atoms with van der Waals surface area (Å²) in [4.78, 5) is 12.3. The van der Waals surface area contributed by atoms with E-state index >= 15 is 0 Å². The zero-order valence-corrected chi connectivity index (χ0v) is 12.6. The highest BCUT2D eigenvalue weighted by atomic mass is 19.1. The fraction of sp³-hybridized carbons (Fsp3) is 0.562. The summed E-state index contributed by atoms with van der Waals surface area (Å²) in [5.74, 6) is -0.607. The summed E-state index contributed by atoms with van der Waals surface area (Å²) in [6.07, 6.45) is 5.15. The fourth-order valence-corrected chi connectivity index (χ4v) is 2.32. The maximum atomic E-state index is 13.7. The van der Waals surface area contributed by atoms with E-state index in [2.05, 4.69) is 24.5 Å². The van der Waals surface area contributed by atoms with Crippen LogP contribution < -0.4 is 10.6 Å². The third kappa shape index (κ3) is 4.51. The summed E-state index contributed by atoms with van der Waals surface area (Å²) in [7, 11) is 1.62. The summed E-state index contributed by atoms with van der Waals surface area (Å²) in [6, 6.07) is 4.72. The Labute approximate surface area is 121 Å². The maximum absolute atomic E-state index is 13.7. The molecule has 0 aliphatic rings. The fourth-order valence-electron chi connectivity index (χ4n) is 2.32. The summed E-state index contributed by atoms with van der Waals surface area (Å²) in [5.41, 5.74) is 0.626. The number of rotatable bonds is 8. The minimum absolute atomic E-state index is 0.167. The topological polar surface area (TPSA) is 41.1 Å². The van der Waals surface area contributed by atoms with Crippen LogP contribution in [-0.4, -0.2) is 19.0 Å². The molecule has 2 N–H and O–H groups in total. The van der Waals surface area contributed by atoms with Crippen molar-refractivity contribution in [3.8, 4) is 0 Å². The lowest BCUT2D eigenvalue weighted by Crippen LogP contribution is -2.35. The molecule has 0 saturated carbocycles. The van der Waals surface area contributed by atoms with Gasteiger partial charge in [0.1, 0.15) is 5.82 Å². The van der Waals surface area contributed by atoms with Crippen molar-refractivity contribution in [2.75, 3.05) is 12.4 Å². The number of carbonyl (C=O) groups is 1. The third-order valence-corrected chi connectivity index (χ3v) is 3.39. The van der Waals surface area contributed by atoms with Crippen LogP contribution in [0.25, 0.3) is 0 Å². The molecule has 1 aromatic rings. The number of unbranched alkanes of at least 4 members (excludes halogenated alkanes) is 1. The van der Waals surface area contributed by atoms with E-state index in [1.54, 1.807) is 19.2 Å². The molecule has 1 atom stereocenters. The Kier molecular flexibility index (Phi) is 7.05. The summed E-state index contributed by atoms with van der Waals surface area (Å²) in [5, 5.41) is 5.78. The number of amides is 1. The van der Waals surface area contributed by atoms with Crippen molar-refractivity contribution in [1.82, 2.24) is 5.32 Å². The first-order valence-electron chi connectivity index (χ1n) is 7.41. The van der Waals surface area contributed by atoms with Gasteiger partial charge in [0.15, 0.2) is 0 Å². The molecule has 1 aromatic carbocycles. The van der Waals surface area contributed by atoms with Crippen LogP contribution in [0.3, 0.4) is 0 Å². The molecule has 1 amide bonds. The van der Waals surface area contributed by atoms with E-state index in [1.165, 1.54) is 6.07 Å². The molecular weight excluding hydrogens is 255 g/mol. The van der Waals surface area contributed by atoms with Gasteiger partial charge in [-0.25, -0.2) is 4.39 Å². The Balaban J connectivity index is 2.80. The SMILES string of the molecule is CCCCC(CCC)NC(=O)c1cccc(F)c1NC. The van der Waals surface area contributed by atoms with Crippen LogP contribution in [0.4, 0.5) is 10.1 Å². The van der Waals surface area contributed by atoms with Crippen molar-refractivity contribution >= 4 is 11.6 Å². The first-order chi connectivity index (χ1) is 9.63. The van der Waals surface area contributed by atoms with Crippen LogP contribution >= 0.6 is 0 Å². The van der Waals surface area contributed by atoms with Gasteiger partial charge in [0.05, 0.1) is 11.3 Å². The lowest BCUT2D eigenvalue weighted by molar-refractivity contribution is 0.0932. The van der Waals surface area contributed by atoms with E-state index in [0.29, 0.717) is 5.56 Å². The monoisotopic (exact) mass is 280 g/mol. The van der Waals surface area contributed by atoms with Gasteiger partial charge in [-0.1, -0.05) is 39.2 Å². The van der Waals surface area contributed by atoms with Gasteiger partial charge >= 0.3 is 0 Å². The Hall–Kier alpha value is -1.58. The van der Waals surface area contributed by atoms with E-state index < -0.39 is 5.82 Å². The predicted molar refractivity (Wildman–Crippen MR) is 81.6 cm³/mol. The highest BCUT2D eigenvalue weighted by molar-refractivity contribution is 5.99. The zero-order valence-electron chi connectivity index (χ0n) is 12.6. The largest absolute Gasteiger partial charge is 0.385 e.